The number of fused-ring (bicyclic) bond motifs is 1. The predicted molar refractivity (Wildman–Crippen MR) is 56.5 cm³/mol. The summed E-state index contributed by atoms with van der Waals surface area (Å²) in [4.78, 5) is 13.3. The lowest BCUT2D eigenvalue weighted by Gasteiger charge is -2.10. The Morgan fingerprint density at radius 1 is 1.28 bits per heavy atom. The summed E-state index contributed by atoms with van der Waals surface area (Å²) in [6.07, 6.45) is -1.32. The van der Waals surface area contributed by atoms with Gasteiger partial charge in [0.1, 0.15) is 5.52 Å². The molecule has 0 radical (unpaired) electrons. The lowest BCUT2D eigenvalue weighted by Crippen LogP contribution is -2.25. The van der Waals surface area contributed by atoms with E-state index in [1.54, 1.807) is 0 Å². The van der Waals surface area contributed by atoms with E-state index >= 15 is 0 Å². The first-order chi connectivity index (χ1) is 8.54. The molecule has 0 spiro atoms. The molecule has 0 bridgehead atoms. The molecular weight excluding hydrogens is 249 g/mol. The van der Waals surface area contributed by atoms with Crippen molar-refractivity contribution in [3.8, 4) is 0 Å². The zero-order chi connectivity index (χ0) is 12.8. The van der Waals surface area contributed by atoms with Gasteiger partial charge in [-0.1, -0.05) is 0 Å². The van der Waals surface area contributed by atoms with Crippen molar-refractivity contribution in [1.29, 1.82) is 0 Å². The van der Waals surface area contributed by atoms with E-state index in [-0.39, 0.29) is 17.5 Å². The third kappa shape index (κ3) is 2.08. The summed E-state index contributed by atoms with van der Waals surface area (Å²) in [5, 5.41) is 0. The third-order valence-electron chi connectivity index (χ3n) is 2.51. The fourth-order valence-electron chi connectivity index (χ4n) is 1.45. The molecule has 18 heavy (non-hydrogen) atoms. The van der Waals surface area contributed by atoms with Crippen molar-refractivity contribution < 1.29 is 13.2 Å². The van der Waals surface area contributed by atoms with Crippen molar-refractivity contribution in [3.63, 3.8) is 0 Å². The van der Waals surface area contributed by atoms with Crippen LogP contribution >= 0.6 is 0 Å². The summed E-state index contributed by atoms with van der Waals surface area (Å²) in [5.74, 6) is -1.15. The van der Waals surface area contributed by atoms with E-state index in [4.69, 9.17) is 0 Å². The first-order valence-corrected chi connectivity index (χ1v) is 5.34. The maximum absolute atomic E-state index is 12.6. The number of aromatic amines is 1. The standard InChI is InChI=1S/C9H9F3N6/c10-9(11,12)8-15-6-5(13-3-14-6)7(16-8)18-17-4-1-2-4/h3-4,17H,1-2H2,(H2,13,14,15,16,18). The zero-order valence-corrected chi connectivity index (χ0v) is 9.04. The number of nitrogens with one attached hydrogen (secondary N) is 3. The fraction of sp³-hybridized carbons (Fsp3) is 0.444. The maximum Gasteiger partial charge on any atom is 0.451 e. The highest BCUT2D eigenvalue weighted by molar-refractivity contribution is 5.82. The molecule has 0 saturated heterocycles. The average molecular weight is 258 g/mol. The minimum Gasteiger partial charge on any atom is -0.340 e. The van der Waals surface area contributed by atoms with E-state index < -0.39 is 12.0 Å². The van der Waals surface area contributed by atoms with Gasteiger partial charge in [-0.3, -0.25) is 0 Å². The average Bonchev–Trinajstić information content (AvgIpc) is 3.00. The van der Waals surface area contributed by atoms with Crippen LogP contribution in [0.1, 0.15) is 18.7 Å². The topological polar surface area (TPSA) is 78.5 Å². The Kier molecular flexibility index (Phi) is 2.37. The van der Waals surface area contributed by atoms with Crippen LogP contribution in [0.4, 0.5) is 19.0 Å². The molecule has 0 amide bonds. The number of H-pyrrole nitrogens is 1. The minimum absolute atomic E-state index is 0.0163. The van der Waals surface area contributed by atoms with Gasteiger partial charge in [-0.05, 0) is 12.8 Å². The van der Waals surface area contributed by atoms with Crippen LogP contribution in [0, 0.1) is 0 Å². The van der Waals surface area contributed by atoms with Gasteiger partial charge in [0.2, 0.25) is 5.82 Å². The smallest absolute Gasteiger partial charge is 0.340 e. The molecule has 1 aliphatic rings. The number of imidazole rings is 1. The lowest BCUT2D eigenvalue weighted by atomic mass is 10.4. The zero-order valence-electron chi connectivity index (χ0n) is 9.04. The Labute approximate surface area is 99.0 Å². The number of halogens is 3. The second kappa shape index (κ2) is 3.80. The minimum atomic E-state index is -4.59. The number of aromatic nitrogens is 4. The first-order valence-electron chi connectivity index (χ1n) is 5.34. The van der Waals surface area contributed by atoms with Crippen LogP contribution in [0.25, 0.3) is 11.2 Å². The maximum atomic E-state index is 12.6. The second-order valence-electron chi connectivity index (χ2n) is 4.04. The summed E-state index contributed by atoms with van der Waals surface area (Å²) in [6, 6.07) is 0.285. The van der Waals surface area contributed by atoms with Gasteiger partial charge in [0.25, 0.3) is 0 Å². The number of nitrogens with zero attached hydrogens (tertiary/aromatic N) is 3. The summed E-state index contributed by atoms with van der Waals surface area (Å²) in [5.41, 5.74) is 5.88. The van der Waals surface area contributed by atoms with Crippen molar-refractivity contribution in [3.05, 3.63) is 12.2 Å². The highest BCUT2D eigenvalue weighted by atomic mass is 19.4. The van der Waals surface area contributed by atoms with Gasteiger partial charge >= 0.3 is 6.18 Å². The van der Waals surface area contributed by atoms with Crippen LogP contribution in [-0.4, -0.2) is 26.0 Å². The van der Waals surface area contributed by atoms with E-state index in [2.05, 4.69) is 30.8 Å². The van der Waals surface area contributed by atoms with E-state index in [0.717, 1.165) is 12.8 Å². The quantitative estimate of drug-likeness (QED) is 0.726. The molecule has 0 atom stereocenters. The Hall–Kier alpha value is -1.90. The second-order valence-corrected chi connectivity index (χ2v) is 4.04. The molecule has 6 nitrogen and oxygen atoms in total. The summed E-state index contributed by atoms with van der Waals surface area (Å²) in [7, 11) is 0. The van der Waals surface area contributed by atoms with Crippen LogP contribution in [0.5, 0.6) is 0 Å². The highest BCUT2D eigenvalue weighted by Crippen LogP contribution is 2.29. The molecule has 1 saturated carbocycles. The Bertz CT molecular complexity index is 573. The Balaban J connectivity index is 2.00. The normalized spacial score (nSPS) is 16.2. The largest absolute Gasteiger partial charge is 0.451 e. The van der Waals surface area contributed by atoms with Gasteiger partial charge in [0, 0.05) is 6.04 Å². The summed E-state index contributed by atoms with van der Waals surface area (Å²) < 4.78 is 37.8. The molecule has 0 aliphatic heterocycles. The number of hydrogen-bond donors (Lipinski definition) is 3. The van der Waals surface area contributed by atoms with Crippen LogP contribution in [0.15, 0.2) is 6.33 Å². The monoisotopic (exact) mass is 258 g/mol. The Morgan fingerprint density at radius 3 is 2.72 bits per heavy atom. The molecule has 2 heterocycles. The van der Waals surface area contributed by atoms with Crippen molar-refractivity contribution in [2.75, 3.05) is 5.43 Å². The van der Waals surface area contributed by atoms with E-state index in [1.807, 2.05) is 0 Å². The van der Waals surface area contributed by atoms with Crippen LogP contribution in [-0.2, 0) is 6.18 Å². The number of anilines is 1. The molecule has 3 N–H and O–H groups in total. The SMILES string of the molecule is FC(F)(F)c1nc(NNC2CC2)c2[nH]cnc2n1. The molecule has 1 fully saturated rings. The van der Waals surface area contributed by atoms with E-state index in [9.17, 15) is 13.2 Å². The Morgan fingerprint density at radius 2 is 2.06 bits per heavy atom. The number of hydrogen-bond acceptors (Lipinski definition) is 5. The van der Waals surface area contributed by atoms with Crippen LogP contribution in [0.3, 0.4) is 0 Å². The summed E-state index contributed by atoms with van der Waals surface area (Å²) >= 11 is 0. The molecule has 0 unspecified atom stereocenters. The molecule has 9 heteroatoms. The van der Waals surface area contributed by atoms with Gasteiger partial charge in [-0.15, -0.1) is 0 Å². The van der Waals surface area contributed by atoms with Crippen LogP contribution < -0.4 is 10.9 Å². The van der Waals surface area contributed by atoms with E-state index in [0.29, 0.717) is 5.52 Å². The predicted octanol–water partition coefficient (Wildman–Crippen LogP) is 1.45. The number of hydrazine groups is 1. The highest BCUT2D eigenvalue weighted by Gasteiger charge is 2.36. The number of rotatable bonds is 3. The summed E-state index contributed by atoms with van der Waals surface area (Å²) in [6.45, 7) is 0. The van der Waals surface area contributed by atoms with Crippen LogP contribution in [0.2, 0.25) is 0 Å². The number of alkyl halides is 3. The molecular formula is C9H9F3N6. The first kappa shape index (κ1) is 11.2. The van der Waals surface area contributed by atoms with Crippen molar-refractivity contribution in [1.82, 2.24) is 25.4 Å². The molecule has 3 rings (SSSR count). The van der Waals surface area contributed by atoms with Gasteiger partial charge in [0.05, 0.1) is 6.33 Å². The van der Waals surface area contributed by atoms with E-state index in [1.165, 1.54) is 6.33 Å². The van der Waals surface area contributed by atoms with Gasteiger partial charge < -0.3 is 10.4 Å². The van der Waals surface area contributed by atoms with Gasteiger partial charge in [-0.25, -0.2) is 20.4 Å². The third-order valence-corrected chi connectivity index (χ3v) is 2.51. The van der Waals surface area contributed by atoms with Crippen molar-refractivity contribution in [2.24, 2.45) is 0 Å². The molecule has 2 aromatic rings. The molecule has 2 aromatic heterocycles. The molecule has 1 aliphatic carbocycles. The van der Waals surface area contributed by atoms with Crippen molar-refractivity contribution in [2.45, 2.75) is 25.1 Å². The van der Waals surface area contributed by atoms with Gasteiger partial charge in [-0.2, -0.15) is 13.2 Å². The lowest BCUT2D eigenvalue weighted by molar-refractivity contribution is -0.144. The van der Waals surface area contributed by atoms with Gasteiger partial charge in [0.15, 0.2) is 11.5 Å². The molecule has 0 aromatic carbocycles. The fourth-order valence-corrected chi connectivity index (χ4v) is 1.45. The molecule has 96 valence electrons. The van der Waals surface area contributed by atoms with Crippen molar-refractivity contribution >= 4 is 17.0 Å².